The van der Waals surface area contributed by atoms with Gasteiger partial charge in [0.05, 0.1) is 5.52 Å². The number of aromatic nitrogens is 1. The normalized spacial score (nSPS) is 13.0. The Kier molecular flexibility index (Phi) is 5.10. The van der Waals surface area contributed by atoms with Crippen LogP contribution in [0.3, 0.4) is 0 Å². The molecule has 4 rings (SSSR count). The molecule has 4 heteroatoms. The van der Waals surface area contributed by atoms with E-state index >= 15 is 0 Å². The van der Waals surface area contributed by atoms with Crippen LogP contribution in [0, 0.1) is 6.92 Å². The number of carbonyl (C=O) groups is 1. The molecular formula is C25H22N2O2. The predicted molar refractivity (Wildman–Crippen MR) is 116 cm³/mol. The first-order valence-corrected chi connectivity index (χ1v) is 9.56. The van der Waals surface area contributed by atoms with Crippen LogP contribution < -0.4 is 5.32 Å². The molecule has 1 heterocycles. The van der Waals surface area contributed by atoms with E-state index in [1.54, 1.807) is 12.1 Å². The Morgan fingerprint density at radius 3 is 2.38 bits per heavy atom. The number of pyridine rings is 1. The Hall–Kier alpha value is -3.50. The second kappa shape index (κ2) is 7.86. The van der Waals surface area contributed by atoms with E-state index < -0.39 is 11.5 Å². The van der Waals surface area contributed by atoms with Crippen molar-refractivity contribution in [2.45, 2.75) is 18.9 Å². The van der Waals surface area contributed by atoms with Crippen molar-refractivity contribution in [2.75, 3.05) is 5.32 Å². The molecule has 0 saturated carbocycles. The van der Waals surface area contributed by atoms with Crippen LogP contribution in [0.2, 0.25) is 0 Å². The third-order valence-corrected chi connectivity index (χ3v) is 5.11. The Morgan fingerprint density at radius 1 is 0.897 bits per heavy atom. The van der Waals surface area contributed by atoms with Crippen molar-refractivity contribution in [3.8, 4) is 0 Å². The smallest absolute Gasteiger partial charge is 0.261 e. The fourth-order valence-electron chi connectivity index (χ4n) is 3.43. The van der Waals surface area contributed by atoms with Crippen LogP contribution in [0.25, 0.3) is 10.9 Å². The van der Waals surface area contributed by atoms with E-state index in [0.717, 1.165) is 16.5 Å². The molecule has 4 nitrogen and oxygen atoms in total. The highest BCUT2D eigenvalue weighted by atomic mass is 16.3. The molecule has 0 radical (unpaired) electrons. The van der Waals surface area contributed by atoms with Crippen LogP contribution in [0.1, 0.15) is 16.8 Å². The zero-order valence-electron chi connectivity index (χ0n) is 16.2. The number of carbonyl (C=O) groups excluding carboxylic acids is 1. The molecule has 1 aromatic heterocycles. The van der Waals surface area contributed by atoms with Gasteiger partial charge in [-0.15, -0.1) is 0 Å². The van der Waals surface area contributed by atoms with Crippen LogP contribution in [-0.2, 0) is 16.8 Å². The number of hydrogen-bond donors (Lipinski definition) is 2. The summed E-state index contributed by atoms with van der Waals surface area (Å²) in [7, 11) is 0. The molecule has 0 saturated heterocycles. The average molecular weight is 382 g/mol. The number of nitrogens with one attached hydrogen (secondary N) is 1. The van der Waals surface area contributed by atoms with Gasteiger partial charge in [-0.25, -0.2) is 0 Å². The van der Waals surface area contributed by atoms with Gasteiger partial charge in [-0.3, -0.25) is 9.78 Å². The number of rotatable bonds is 5. The second-order valence-electron chi connectivity index (χ2n) is 7.17. The zero-order chi connectivity index (χ0) is 20.3. The van der Waals surface area contributed by atoms with Gasteiger partial charge in [0.1, 0.15) is 0 Å². The highest BCUT2D eigenvalue weighted by molar-refractivity contribution is 5.98. The molecule has 0 aliphatic carbocycles. The first-order valence-electron chi connectivity index (χ1n) is 9.56. The summed E-state index contributed by atoms with van der Waals surface area (Å²) in [4.78, 5) is 17.9. The van der Waals surface area contributed by atoms with Gasteiger partial charge in [0, 0.05) is 23.2 Å². The SMILES string of the molecule is Cc1ccccc1NC(=O)C(O)(Cc1ccc2ccccc2n1)c1ccccc1. The summed E-state index contributed by atoms with van der Waals surface area (Å²) in [6.45, 7) is 1.92. The molecule has 4 aromatic rings. The standard InChI is InChI=1S/C25H22N2O2/c1-18-9-5-7-13-22(18)27-24(28)25(29,20-11-3-2-4-12-20)17-21-16-15-19-10-6-8-14-23(19)26-21/h2-16,29H,17H2,1H3,(H,27,28). The van der Waals surface area contributed by atoms with Gasteiger partial charge >= 0.3 is 0 Å². The Morgan fingerprint density at radius 2 is 1.59 bits per heavy atom. The van der Waals surface area contributed by atoms with Crippen LogP contribution in [-0.4, -0.2) is 16.0 Å². The molecule has 1 unspecified atom stereocenters. The largest absolute Gasteiger partial charge is 0.375 e. The van der Waals surface area contributed by atoms with E-state index in [-0.39, 0.29) is 6.42 Å². The summed E-state index contributed by atoms with van der Waals surface area (Å²) in [6.07, 6.45) is 0.0690. The molecule has 144 valence electrons. The number of para-hydroxylation sites is 2. The van der Waals surface area contributed by atoms with Crippen molar-refractivity contribution >= 4 is 22.5 Å². The Balaban J connectivity index is 1.72. The van der Waals surface area contributed by atoms with Crippen molar-refractivity contribution in [3.05, 3.63) is 108 Å². The first-order chi connectivity index (χ1) is 14.1. The fraction of sp³-hybridized carbons (Fsp3) is 0.120. The minimum Gasteiger partial charge on any atom is -0.375 e. The maximum atomic E-state index is 13.3. The number of nitrogens with zero attached hydrogens (tertiary/aromatic N) is 1. The summed E-state index contributed by atoms with van der Waals surface area (Å²) < 4.78 is 0. The molecule has 1 amide bonds. The van der Waals surface area contributed by atoms with E-state index in [9.17, 15) is 9.90 Å². The van der Waals surface area contributed by atoms with Gasteiger partial charge in [-0.1, -0.05) is 72.8 Å². The molecule has 1 atom stereocenters. The topological polar surface area (TPSA) is 62.2 Å². The maximum Gasteiger partial charge on any atom is 0.261 e. The van der Waals surface area contributed by atoms with Crippen molar-refractivity contribution < 1.29 is 9.90 Å². The molecule has 0 aliphatic rings. The zero-order valence-corrected chi connectivity index (χ0v) is 16.2. The molecule has 0 fully saturated rings. The number of amides is 1. The van der Waals surface area contributed by atoms with Crippen molar-refractivity contribution in [1.29, 1.82) is 0 Å². The van der Waals surface area contributed by atoms with Crippen molar-refractivity contribution in [2.24, 2.45) is 0 Å². The van der Waals surface area contributed by atoms with Crippen molar-refractivity contribution in [3.63, 3.8) is 0 Å². The maximum absolute atomic E-state index is 13.3. The van der Waals surface area contributed by atoms with Gasteiger partial charge in [0.15, 0.2) is 5.60 Å². The Labute approximate surface area is 169 Å². The third kappa shape index (κ3) is 3.89. The second-order valence-corrected chi connectivity index (χ2v) is 7.17. The van der Waals surface area contributed by atoms with E-state index in [1.165, 1.54) is 0 Å². The lowest BCUT2D eigenvalue weighted by Crippen LogP contribution is -2.42. The van der Waals surface area contributed by atoms with E-state index in [2.05, 4.69) is 10.3 Å². The monoisotopic (exact) mass is 382 g/mol. The number of fused-ring (bicyclic) bond motifs is 1. The molecule has 2 N–H and O–H groups in total. The average Bonchev–Trinajstić information content (AvgIpc) is 2.75. The molecular weight excluding hydrogens is 360 g/mol. The van der Waals surface area contributed by atoms with E-state index in [1.807, 2.05) is 85.8 Å². The summed E-state index contributed by atoms with van der Waals surface area (Å²) in [6, 6.07) is 28.1. The Bertz CT molecular complexity index is 1160. The van der Waals surface area contributed by atoms with Gasteiger partial charge in [-0.05, 0) is 36.2 Å². The van der Waals surface area contributed by atoms with Gasteiger partial charge in [-0.2, -0.15) is 0 Å². The molecule has 0 spiro atoms. The summed E-state index contributed by atoms with van der Waals surface area (Å²) in [5.41, 5.74) is 1.87. The van der Waals surface area contributed by atoms with Gasteiger partial charge in [0.25, 0.3) is 5.91 Å². The lowest BCUT2D eigenvalue weighted by molar-refractivity contribution is -0.135. The minimum absolute atomic E-state index is 0.0690. The molecule has 0 aliphatic heterocycles. The van der Waals surface area contributed by atoms with Gasteiger partial charge < -0.3 is 10.4 Å². The van der Waals surface area contributed by atoms with Crippen LogP contribution in [0.5, 0.6) is 0 Å². The first kappa shape index (κ1) is 18.8. The molecule has 3 aromatic carbocycles. The summed E-state index contributed by atoms with van der Waals surface area (Å²) in [5.74, 6) is -0.479. The quantitative estimate of drug-likeness (QED) is 0.530. The van der Waals surface area contributed by atoms with Crippen LogP contribution in [0.15, 0.2) is 91.0 Å². The van der Waals surface area contributed by atoms with Crippen molar-refractivity contribution in [1.82, 2.24) is 4.98 Å². The third-order valence-electron chi connectivity index (χ3n) is 5.11. The lowest BCUT2D eigenvalue weighted by Gasteiger charge is -2.28. The highest BCUT2D eigenvalue weighted by Crippen LogP contribution is 2.28. The predicted octanol–water partition coefficient (Wildman–Crippen LogP) is 4.61. The highest BCUT2D eigenvalue weighted by Gasteiger charge is 2.38. The fourth-order valence-corrected chi connectivity index (χ4v) is 3.43. The summed E-state index contributed by atoms with van der Waals surface area (Å²) >= 11 is 0. The number of anilines is 1. The number of aliphatic hydroxyl groups is 1. The van der Waals surface area contributed by atoms with E-state index in [0.29, 0.717) is 16.9 Å². The summed E-state index contributed by atoms with van der Waals surface area (Å²) in [5, 5.41) is 15.5. The number of hydrogen-bond acceptors (Lipinski definition) is 3. The van der Waals surface area contributed by atoms with Gasteiger partial charge in [0.2, 0.25) is 0 Å². The lowest BCUT2D eigenvalue weighted by atomic mass is 9.87. The molecule has 0 bridgehead atoms. The van der Waals surface area contributed by atoms with Crippen LogP contribution >= 0.6 is 0 Å². The minimum atomic E-state index is -1.75. The van der Waals surface area contributed by atoms with E-state index in [4.69, 9.17) is 0 Å². The van der Waals surface area contributed by atoms with Crippen LogP contribution in [0.4, 0.5) is 5.69 Å². The number of aryl methyl sites for hydroxylation is 1. The molecule has 29 heavy (non-hydrogen) atoms. The number of benzene rings is 3.